The van der Waals surface area contributed by atoms with Gasteiger partial charge in [0.2, 0.25) is 11.8 Å². The normalized spacial score (nSPS) is 17.2. The predicted molar refractivity (Wildman–Crippen MR) is 121 cm³/mol. The zero-order chi connectivity index (χ0) is 20.9. The lowest BCUT2D eigenvalue weighted by Crippen LogP contribution is -2.28. The third-order valence-corrected chi connectivity index (χ3v) is 5.64. The fourth-order valence-electron chi connectivity index (χ4n) is 3.14. The summed E-state index contributed by atoms with van der Waals surface area (Å²) in [6, 6.07) is 21.0. The first-order valence-electron chi connectivity index (χ1n) is 9.68. The standard InChI is InChI=1S/C23H21N3O3S/c1-2-29-19-11-9-17(10-12-19)25-23-26-22(28)20(30-23)14-21(27)24-18-8-7-15-5-3-4-6-16(15)13-18/h3-13,20H,2,14H2,1H3,(H,24,27)(H,25,26,28)/t20-/m1/s1. The molecule has 7 heteroatoms. The van der Waals surface area contributed by atoms with E-state index in [9.17, 15) is 9.59 Å². The zero-order valence-electron chi connectivity index (χ0n) is 16.4. The molecule has 1 aliphatic heterocycles. The van der Waals surface area contributed by atoms with Gasteiger partial charge in [0, 0.05) is 12.1 Å². The van der Waals surface area contributed by atoms with Crippen LogP contribution >= 0.6 is 11.8 Å². The summed E-state index contributed by atoms with van der Waals surface area (Å²) in [6.45, 7) is 2.53. The number of benzene rings is 3. The summed E-state index contributed by atoms with van der Waals surface area (Å²) >= 11 is 1.27. The second-order valence-corrected chi connectivity index (χ2v) is 7.95. The van der Waals surface area contributed by atoms with Gasteiger partial charge in [-0.1, -0.05) is 42.1 Å². The van der Waals surface area contributed by atoms with Gasteiger partial charge in [0.25, 0.3) is 0 Å². The molecule has 30 heavy (non-hydrogen) atoms. The first kappa shape index (κ1) is 20.0. The van der Waals surface area contributed by atoms with Crippen molar-refractivity contribution in [3.8, 4) is 5.75 Å². The molecule has 1 aliphatic rings. The summed E-state index contributed by atoms with van der Waals surface area (Å²) < 4.78 is 5.41. The van der Waals surface area contributed by atoms with Gasteiger partial charge in [-0.2, -0.15) is 0 Å². The average molecular weight is 420 g/mol. The van der Waals surface area contributed by atoms with Crippen molar-refractivity contribution in [1.82, 2.24) is 5.32 Å². The predicted octanol–water partition coefficient (Wildman–Crippen LogP) is 4.49. The van der Waals surface area contributed by atoms with Crippen LogP contribution in [0.2, 0.25) is 0 Å². The van der Waals surface area contributed by atoms with Crippen molar-refractivity contribution in [2.24, 2.45) is 4.99 Å². The highest BCUT2D eigenvalue weighted by atomic mass is 32.2. The van der Waals surface area contributed by atoms with Crippen molar-refractivity contribution >= 4 is 50.9 Å². The monoisotopic (exact) mass is 419 g/mol. The smallest absolute Gasteiger partial charge is 0.240 e. The number of hydrogen-bond donors (Lipinski definition) is 2. The minimum atomic E-state index is -0.507. The third-order valence-electron chi connectivity index (χ3n) is 4.56. The molecule has 152 valence electrons. The van der Waals surface area contributed by atoms with Gasteiger partial charge in [-0.05, 0) is 54.1 Å². The summed E-state index contributed by atoms with van der Waals surface area (Å²) in [5, 5.41) is 7.77. The van der Waals surface area contributed by atoms with Gasteiger partial charge in [0.1, 0.15) is 11.0 Å². The van der Waals surface area contributed by atoms with E-state index in [0.29, 0.717) is 23.1 Å². The number of amidine groups is 1. The Balaban J connectivity index is 1.37. The Labute approximate surface area is 178 Å². The van der Waals surface area contributed by atoms with E-state index in [1.165, 1.54) is 11.8 Å². The van der Waals surface area contributed by atoms with E-state index in [1.807, 2.05) is 73.7 Å². The molecule has 1 heterocycles. The van der Waals surface area contributed by atoms with Crippen molar-refractivity contribution in [3.63, 3.8) is 0 Å². The van der Waals surface area contributed by atoms with Gasteiger partial charge in [-0.25, -0.2) is 4.99 Å². The molecule has 0 bridgehead atoms. The number of carbonyl (C=O) groups excluding carboxylic acids is 2. The Hall–Kier alpha value is -3.32. The molecule has 1 atom stereocenters. The van der Waals surface area contributed by atoms with Crippen LogP contribution in [0.3, 0.4) is 0 Å². The van der Waals surface area contributed by atoms with Crippen LogP contribution < -0.4 is 15.4 Å². The van der Waals surface area contributed by atoms with Crippen LogP contribution in [-0.4, -0.2) is 28.8 Å². The highest BCUT2D eigenvalue weighted by Gasteiger charge is 2.32. The first-order valence-corrected chi connectivity index (χ1v) is 10.6. The van der Waals surface area contributed by atoms with Crippen LogP contribution in [-0.2, 0) is 9.59 Å². The molecule has 2 amide bonds. The molecule has 2 N–H and O–H groups in total. The lowest BCUT2D eigenvalue weighted by atomic mass is 10.1. The Morgan fingerprint density at radius 2 is 1.87 bits per heavy atom. The van der Waals surface area contributed by atoms with E-state index in [2.05, 4.69) is 15.6 Å². The van der Waals surface area contributed by atoms with Crippen LogP contribution in [0.5, 0.6) is 5.75 Å². The fraction of sp³-hybridized carbons (Fsp3) is 0.174. The molecule has 0 unspecified atom stereocenters. The molecule has 0 aromatic heterocycles. The van der Waals surface area contributed by atoms with Crippen LogP contribution in [0, 0.1) is 0 Å². The molecule has 3 aromatic rings. The number of thioether (sulfide) groups is 1. The molecule has 1 saturated heterocycles. The van der Waals surface area contributed by atoms with Crippen molar-refractivity contribution in [1.29, 1.82) is 0 Å². The SMILES string of the molecule is CCOc1ccc(N=C2NC(=O)[C@@H](CC(=O)Nc3ccc4ccccc4c3)S2)cc1. The maximum Gasteiger partial charge on any atom is 0.240 e. The van der Waals surface area contributed by atoms with Crippen molar-refractivity contribution in [3.05, 3.63) is 66.7 Å². The topological polar surface area (TPSA) is 79.8 Å². The van der Waals surface area contributed by atoms with Gasteiger partial charge in [0.15, 0.2) is 5.17 Å². The minimum absolute atomic E-state index is 0.0750. The number of rotatable bonds is 6. The molecule has 1 fully saturated rings. The number of nitrogens with one attached hydrogen (secondary N) is 2. The van der Waals surface area contributed by atoms with Gasteiger partial charge >= 0.3 is 0 Å². The highest BCUT2D eigenvalue weighted by molar-refractivity contribution is 8.15. The quantitative estimate of drug-likeness (QED) is 0.617. The Morgan fingerprint density at radius 1 is 1.10 bits per heavy atom. The maximum absolute atomic E-state index is 12.5. The van der Waals surface area contributed by atoms with Crippen LogP contribution in [0.4, 0.5) is 11.4 Å². The molecule has 3 aromatic carbocycles. The number of carbonyl (C=O) groups is 2. The fourth-order valence-corrected chi connectivity index (χ4v) is 4.13. The van der Waals surface area contributed by atoms with Crippen molar-refractivity contribution in [2.45, 2.75) is 18.6 Å². The second kappa shape index (κ2) is 9.00. The lowest BCUT2D eigenvalue weighted by molar-refractivity contribution is -0.122. The summed E-state index contributed by atoms with van der Waals surface area (Å²) in [5.41, 5.74) is 1.42. The number of ether oxygens (including phenoxy) is 1. The largest absolute Gasteiger partial charge is 0.494 e. The second-order valence-electron chi connectivity index (χ2n) is 6.75. The van der Waals surface area contributed by atoms with E-state index in [4.69, 9.17) is 4.74 Å². The van der Waals surface area contributed by atoms with Crippen molar-refractivity contribution < 1.29 is 14.3 Å². The third kappa shape index (κ3) is 4.80. The summed E-state index contributed by atoms with van der Waals surface area (Å²) in [5.74, 6) is 0.353. The first-order chi connectivity index (χ1) is 14.6. The number of fused-ring (bicyclic) bond motifs is 1. The molecule has 0 radical (unpaired) electrons. The van der Waals surface area contributed by atoms with E-state index in [-0.39, 0.29) is 18.2 Å². The molecule has 0 aliphatic carbocycles. The van der Waals surface area contributed by atoms with E-state index in [1.54, 1.807) is 0 Å². The highest BCUT2D eigenvalue weighted by Crippen LogP contribution is 2.27. The summed E-state index contributed by atoms with van der Waals surface area (Å²) in [7, 11) is 0. The number of hydrogen-bond acceptors (Lipinski definition) is 5. The molecular formula is C23H21N3O3S. The number of nitrogens with zero attached hydrogens (tertiary/aromatic N) is 1. The molecule has 4 rings (SSSR count). The van der Waals surface area contributed by atoms with Gasteiger partial charge in [-0.15, -0.1) is 0 Å². The molecule has 6 nitrogen and oxygen atoms in total. The van der Waals surface area contributed by atoms with Crippen molar-refractivity contribution in [2.75, 3.05) is 11.9 Å². The average Bonchev–Trinajstić information content (AvgIpc) is 3.08. The Morgan fingerprint density at radius 3 is 2.63 bits per heavy atom. The van der Waals surface area contributed by atoms with Gasteiger partial charge in [0.05, 0.1) is 12.3 Å². The maximum atomic E-state index is 12.5. The Bertz CT molecular complexity index is 1110. The number of aliphatic imine (C=N–C) groups is 1. The van der Waals surface area contributed by atoms with Gasteiger partial charge < -0.3 is 15.4 Å². The van der Waals surface area contributed by atoms with E-state index >= 15 is 0 Å². The van der Waals surface area contributed by atoms with E-state index < -0.39 is 5.25 Å². The lowest BCUT2D eigenvalue weighted by Gasteiger charge is -2.08. The molecule has 0 spiro atoms. The van der Waals surface area contributed by atoms with E-state index in [0.717, 1.165) is 16.5 Å². The molecular weight excluding hydrogens is 398 g/mol. The van der Waals surface area contributed by atoms with Crippen LogP contribution in [0.15, 0.2) is 71.7 Å². The van der Waals surface area contributed by atoms with Crippen LogP contribution in [0.1, 0.15) is 13.3 Å². The summed E-state index contributed by atoms with van der Waals surface area (Å²) in [6.07, 6.45) is 0.0750. The minimum Gasteiger partial charge on any atom is -0.494 e. The van der Waals surface area contributed by atoms with Gasteiger partial charge in [-0.3, -0.25) is 9.59 Å². The number of amides is 2. The van der Waals surface area contributed by atoms with Crippen LogP contribution in [0.25, 0.3) is 10.8 Å². The molecule has 0 saturated carbocycles. The summed E-state index contributed by atoms with van der Waals surface area (Å²) in [4.78, 5) is 29.2. The zero-order valence-corrected chi connectivity index (χ0v) is 17.2. The number of anilines is 1. The Kier molecular flexibility index (Phi) is 5.99.